The van der Waals surface area contributed by atoms with Gasteiger partial charge >= 0.3 is 0 Å². The molecule has 6 nitrogen and oxygen atoms in total. The van der Waals surface area contributed by atoms with Crippen LogP contribution in [0.4, 0.5) is 9.52 Å². The molecule has 2 aromatic carbocycles. The summed E-state index contributed by atoms with van der Waals surface area (Å²) < 4.78 is 40.7. The maximum atomic E-state index is 13.3. The minimum absolute atomic E-state index is 0.0247. The van der Waals surface area contributed by atoms with Crippen molar-refractivity contribution in [2.75, 3.05) is 11.9 Å². The molecule has 0 saturated heterocycles. The summed E-state index contributed by atoms with van der Waals surface area (Å²) in [6, 6.07) is 11.5. The zero-order valence-corrected chi connectivity index (χ0v) is 18.2. The van der Waals surface area contributed by atoms with E-state index in [0.29, 0.717) is 17.1 Å². The summed E-state index contributed by atoms with van der Waals surface area (Å²) in [7, 11) is -3.69. The minimum atomic E-state index is -3.69. The summed E-state index contributed by atoms with van der Waals surface area (Å²) in [5.41, 5.74) is 2.31. The smallest absolute Gasteiger partial charge is 0.240 e. The number of aromatic nitrogens is 1. The molecule has 0 radical (unpaired) electrons. The molecule has 1 aromatic heterocycles. The Morgan fingerprint density at radius 1 is 1.17 bits per heavy atom. The van der Waals surface area contributed by atoms with Gasteiger partial charge in [-0.05, 0) is 48.7 Å². The molecule has 2 N–H and O–H groups in total. The number of hydrogen-bond donors (Lipinski definition) is 2. The van der Waals surface area contributed by atoms with Gasteiger partial charge in [0.2, 0.25) is 15.9 Å². The molecular formula is C21H22FN3O3S2. The Labute approximate surface area is 179 Å². The van der Waals surface area contributed by atoms with E-state index in [9.17, 15) is 17.6 Å². The predicted molar refractivity (Wildman–Crippen MR) is 116 cm³/mol. The second kappa shape index (κ2) is 9.46. The molecule has 1 heterocycles. The Balaban J connectivity index is 1.51. The molecule has 0 bridgehead atoms. The van der Waals surface area contributed by atoms with Gasteiger partial charge in [-0.15, -0.1) is 11.3 Å². The van der Waals surface area contributed by atoms with Gasteiger partial charge in [0.15, 0.2) is 5.13 Å². The molecule has 0 aliphatic heterocycles. The van der Waals surface area contributed by atoms with Crippen molar-refractivity contribution in [3.05, 3.63) is 76.0 Å². The monoisotopic (exact) mass is 447 g/mol. The third-order valence-corrected chi connectivity index (χ3v) is 6.86. The molecule has 0 spiro atoms. The van der Waals surface area contributed by atoms with Gasteiger partial charge in [-0.3, -0.25) is 4.79 Å². The van der Waals surface area contributed by atoms with Crippen LogP contribution in [0.1, 0.15) is 28.0 Å². The highest BCUT2D eigenvalue weighted by molar-refractivity contribution is 7.89. The van der Waals surface area contributed by atoms with Crippen LogP contribution in [-0.2, 0) is 21.2 Å². The molecule has 1 amide bonds. The topological polar surface area (TPSA) is 88.2 Å². The number of carbonyl (C=O) groups excluding carboxylic acids is 1. The number of benzene rings is 2. The molecule has 9 heteroatoms. The first kappa shape index (κ1) is 22.1. The molecule has 0 unspecified atom stereocenters. The predicted octanol–water partition coefficient (Wildman–Crippen LogP) is 3.80. The number of nitrogens with one attached hydrogen (secondary N) is 2. The number of aryl methyl sites for hydroxylation is 2. The molecule has 0 atom stereocenters. The number of sulfonamides is 1. The van der Waals surface area contributed by atoms with Crippen LogP contribution < -0.4 is 10.0 Å². The lowest BCUT2D eigenvalue weighted by molar-refractivity contribution is -0.116. The van der Waals surface area contributed by atoms with Crippen LogP contribution in [0.2, 0.25) is 0 Å². The highest BCUT2D eigenvalue weighted by atomic mass is 32.2. The molecule has 0 aliphatic carbocycles. The summed E-state index contributed by atoms with van der Waals surface area (Å²) in [6.07, 6.45) is 2.12. The quantitative estimate of drug-likeness (QED) is 0.550. The Morgan fingerprint density at radius 3 is 2.73 bits per heavy atom. The first-order chi connectivity index (χ1) is 14.2. The number of anilines is 1. The van der Waals surface area contributed by atoms with Crippen LogP contribution in [-0.4, -0.2) is 25.9 Å². The van der Waals surface area contributed by atoms with Crippen molar-refractivity contribution in [2.24, 2.45) is 0 Å². The van der Waals surface area contributed by atoms with Crippen LogP contribution in [0.15, 0.2) is 53.6 Å². The fourth-order valence-corrected chi connectivity index (χ4v) is 5.07. The standard InChI is InChI=1S/C21H22FN3O3S2/c1-14-6-7-15(2)19(10-14)30(27,28)24-9-8-20(26)25-21-23-13-18(29-21)12-16-4-3-5-17(22)11-16/h3-7,10-11,13,24H,8-9,12H2,1-2H3,(H,23,25,26). The third kappa shape index (κ3) is 5.94. The van der Waals surface area contributed by atoms with Crippen molar-refractivity contribution in [1.29, 1.82) is 0 Å². The molecule has 3 aromatic rings. The van der Waals surface area contributed by atoms with Crippen LogP contribution in [0.25, 0.3) is 0 Å². The van der Waals surface area contributed by atoms with Gasteiger partial charge in [0.05, 0.1) is 4.90 Å². The van der Waals surface area contributed by atoms with Crippen molar-refractivity contribution in [3.63, 3.8) is 0 Å². The van der Waals surface area contributed by atoms with Gasteiger partial charge < -0.3 is 5.32 Å². The fraction of sp³-hybridized carbons (Fsp3) is 0.238. The molecule has 0 saturated carbocycles. The molecule has 3 rings (SSSR count). The number of halogens is 1. The maximum Gasteiger partial charge on any atom is 0.240 e. The molecule has 0 aliphatic rings. The first-order valence-corrected chi connectivity index (χ1v) is 11.6. The average Bonchev–Trinajstić information content (AvgIpc) is 3.10. The summed E-state index contributed by atoms with van der Waals surface area (Å²) in [5, 5.41) is 3.09. The second-order valence-electron chi connectivity index (χ2n) is 6.90. The van der Waals surface area contributed by atoms with E-state index >= 15 is 0 Å². The number of rotatable bonds is 8. The largest absolute Gasteiger partial charge is 0.302 e. The zero-order valence-electron chi connectivity index (χ0n) is 16.6. The Hall–Kier alpha value is -2.62. The summed E-state index contributed by atoms with van der Waals surface area (Å²) in [6.45, 7) is 3.52. The SMILES string of the molecule is Cc1ccc(C)c(S(=O)(=O)NCCC(=O)Nc2ncc(Cc3cccc(F)c3)s2)c1. The van der Waals surface area contributed by atoms with E-state index in [-0.39, 0.29) is 29.6 Å². The molecule has 30 heavy (non-hydrogen) atoms. The third-order valence-electron chi connectivity index (χ3n) is 4.34. The number of nitrogens with zero attached hydrogens (tertiary/aromatic N) is 1. The average molecular weight is 448 g/mol. The van der Waals surface area contributed by atoms with Gasteiger partial charge in [0, 0.05) is 30.5 Å². The summed E-state index contributed by atoms with van der Waals surface area (Å²) >= 11 is 1.30. The highest BCUT2D eigenvalue weighted by Crippen LogP contribution is 2.22. The lowest BCUT2D eigenvalue weighted by atomic mass is 10.1. The van der Waals surface area contributed by atoms with Crippen molar-refractivity contribution in [2.45, 2.75) is 31.6 Å². The minimum Gasteiger partial charge on any atom is -0.302 e. The van der Waals surface area contributed by atoms with Crippen LogP contribution >= 0.6 is 11.3 Å². The van der Waals surface area contributed by atoms with Crippen molar-refractivity contribution in [3.8, 4) is 0 Å². The first-order valence-electron chi connectivity index (χ1n) is 9.29. The Kier molecular flexibility index (Phi) is 6.96. The van der Waals surface area contributed by atoms with Crippen LogP contribution in [0.5, 0.6) is 0 Å². The second-order valence-corrected chi connectivity index (χ2v) is 9.75. The van der Waals surface area contributed by atoms with Crippen LogP contribution in [0.3, 0.4) is 0 Å². The van der Waals surface area contributed by atoms with Gasteiger partial charge in [0.1, 0.15) is 5.82 Å². The number of hydrogen-bond acceptors (Lipinski definition) is 5. The molecular weight excluding hydrogens is 425 g/mol. The lowest BCUT2D eigenvalue weighted by Gasteiger charge is -2.10. The van der Waals surface area contributed by atoms with Crippen molar-refractivity contribution >= 4 is 32.4 Å². The maximum absolute atomic E-state index is 13.3. The summed E-state index contributed by atoms with van der Waals surface area (Å²) in [5.74, 6) is -0.640. The van der Waals surface area contributed by atoms with Gasteiger partial charge in [-0.25, -0.2) is 22.5 Å². The highest BCUT2D eigenvalue weighted by Gasteiger charge is 2.17. The molecule has 158 valence electrons. The van der Waals surface area contributed by atoms with E-state index in [0.717, 1.165) is 16.0 Å². The van der Waals surface area contributed by atoms with E-state index in [1.807, 2.05) is 19.1 Å². The van der Waals surface area contributed by atoms with Gasteiger partial charge in [-0.1, -0.05) is 24.3 Å². The summed E-state index contributed by atoms with van der Waals surface area (Å²) in [4.78, 5) is 17.4. The van der Waals surface area contributed by atoms with Crippen molar-refractivity contribution in [1.82, 2.24) is 9.71 Å². The lowest BCUT2D eigenvalue weighted by Crippen LogP contribution is -2.28. The number of carbonyl (C=O) groups is 1. The Bertz CT molecular complexity index is 1160. The normalized spacial score (nSPS) is 11.4. The van der Waals surface area contributed by atoms with Crippen LogP contribution in [0, 0.1) is 19.7 Å². The number of thiazole rings is 1. The van der Waals surface area contributed by atoms with Crippen molar-refractivity contribution < 1.29 is 17.6 Å². The zero-order chi connectivity index (χ0) is 21.7. The fourth-order valence-electron chi connectivity index (χ4n) is 2.85. The molecule has 0 fully saturated rings. The van der Waals surface area contributed by atoms with E-state index < -0.39 is 10.0 Å². The number of amides is 1. The van der Waals surface area contributed by atoms with Gasteiger partial charge in [0.25, 0.3) is 0 Å². The van der Waals surface area contributed by atoms with E-state index in [2.05, 4.69) is 15.0 Å². The van der Waals surface area contributed by atoms with E-state index in [1.54, 1.807) is 31.3 Å². The Morgan fingerprint density at radius 2 is 1.97 bits per heavy atom. The van der Waals surface area contributed by atoms with E-state index in [1.165, 1.54) is 23.5 Å². The van der Waals surface area contributed by atoms with Gasteiger partial charge in [-0.2, -0.15) is 0 Å². The van der Waals surface area contributed by atoms with E-state index in [4.69, 9.17) is 0 Å².